The molecule has 6 nitrogen and oxygen atoms in total. The van der Waals surface area contributed by atoms with Gasteiger partial charge in [0.2, 0.25) is 5.91 Å². The van der Waals surface area contributed by atoms with Crippen LogP contribution < -0.4 is 16.2 Å². The molecular formula is C13H19ClN4O2. The third-order valence-corrected chi connectivity index (χ3v) is 3.81. The molecule has 110 valence electrons. The third kappa shape index (κ3) is 4.23. The molecule has 3 N–H and O–H groups in total. The van der Waals surface area contributed by atoms with Crippen molar-refractivity contribution in [1.29, 1.82) is 0 Å². The zero-order chi connectivity index (χ0) is 14.4. The number of amides is 1. The molecular weight excluding hydrogens is 280 g/mol. The van der Waals surface area contributed by atoms with E-state index in [1.807, 2.05) is 0 Å². The quantitative estimate of drug-likeness (QED) is 0.772. The van der Waals surface area contributed by atoms with Crippen LogP contribution >= 0.6 is 11.6 Å². The van der Waals surface area contributed by atoms with Crippen LogP contribution in [-0.2, 0) is 4.79 Å². The molecule has 0 atom stereocenters. The van der Waals surface area contributed by atoms with Gasteiger partial charge in [-0.2, -0.15) is 5.10 Å². The highest BCUT2D eigenvalue weighted by molar-refractivity contribution is 6.32. The fourth-order valence-corrected chi connectivity index (χ4v) is 2.52. The van der Waals surface area contributed by atoms with Gasteiger partial charge < -0.3 is 10.6 Å². The number of aromatic nitrogens is 2. The highest BCUT2D eigenvalue weighted by Gasteiger charge is 2.15. The fraction of sp³-hybridized carbons (Fsp3) is 0.615. The van der Waals surface area contributed by atoms with E-state index in [2.05, 4.69) is 20.8 Å². The number of halogens is 1. The van der Waals surface area contributed by atoms with Gasteiger partial charge in [-0.3, -0.25) is 9.59 Å². The Labute approximate surface area is 122 Å². The molecule has 2 rings (SSSR count). The average molecular weight is 299 g/mol. The van der Waals surface area contributed by atoms with Crippen LogP contribution in [0.3, 0.4) is 0 Å². The van der Waals surface area contributed by atoms with Gasteiger partial charge in [-0.05, 0) is 12.8 Å². The van der Waals surface area contributed by atoms with Gasteiger partial charge in [0.25, 0.3) is 5.56 Å². The van der Waals surface area contributed by atoms with Crippen LogP contribution in [0.2, 0.25) is 5.02 Å². The van der Waals surface area contributed by atoms with Gasteiger partial charge in [0.1, 0.15) is 5.02 Å². The van der Waals surface area contributed by atoms with Crippen LogP contribution in [0.1, 0.15) is 38.5 Å². The van der Waals surface area contributed by atoms with E-state index >= 15 is 0 Å². The predicted octanol–water partition coefficient (Wildman–Crippen LogP) is 1.67. The number of H-pyrrole nitrogens is 1. The molecule has 0 radical (unpaired) electrons. The lowest BCUT2D eigenvalue weighted by Gasteiger charge is -2.22. The van der Waals surface area contributed by atoms with Crippen molar-refractivity contribution in [2.45, 2.75) is 44.6 Å². The topological polar surface area (TPSA) is 86.9 Å². The van der Waals surface area contributed by atoms with Gasteiger partial charge in [0.15, 0.2) is 0 Å². The van der Waals surface area contributed by atoms with Crippen molar-refractivity contribution in [3.63, 3.8) is 0 Å². The van der Waals surface area contributed by atoms with Gasteiger partial charge in [-0.1, -0.05) is 30.9 Å². The van der Waals surface area contributed by atoms with Crippen LogP contribution in [0, 0.1) is 0 Å². The molecule has 0 aromatic carbocycles. The SMILES string of the molecule is O=C(CCNc1cn[nH]c(=O)c1Cl)NC1CCCCC1. The maximum atomic E-state index is 11.8. The summed E-state index contributed by atoms with van der Waals surface area (Å²) in [6.45, 7) is 0.420. The van der Waals surface area contributed by atoms with E-state index in [4.69, 9.17) is 11.6 Å². The van der Waals surface area contributed by atoms with E-state index < -0.39 is 5.56 Å². The minimum absolute atomic E-state index is 0.0262. The Kier molecular flexibility index (Phi) is 5.40. The highest BCUT2D eigenvalue weighted by atomic mass is 35.5. The minimum Gasteiger partial charge on any atom is -0.382 e. The van der Waals surface area contributed by atoms with Crippen LogP contribution in [0.5, 0.6) is 0 Å². The second-order valence-electron chi connectivity index (χ2n) is 5.01. The molecule has 1 aliphatic rings. The molecule has 1 amide bonds. The molecule has 1 fully saturated rings. The van der Waals surface area contributed by atoms with E-state index in [1.165, 1.54) is 25.5 Å². The molecule has 0 spiro atoms. The standard InChI is InChI=1S/C13H19ClN4O2/c14-12-10(8-16-18-13(12)20)15-7-6-11(19)17-9-4-2-1-3-5-9/h8-9H,1-7H2,(H,17,19)(H2,15,18,20). The summed E-state index contributed by atoms with van der Waals surface area (Å²) in [4.78, 5) is 23.0. The normalized spacial score (nSPS) is 15.8. The highest BCUT2D eigenvalue weighted by Crippen LogP contribution is 2.17. The number of anilines is 1. The van der Waals surface area contributed by atoms with E-state index in [0.29, 0.717) is 24.7 Å². The summed E-state index contributed by atoms with van der Waals surface area (Å²) in [5.74, 6) is 0.0262. The first-order chi connectivity index (χ1) is 9.66. The Hall–Kier alpha value is -1.56. The van der Waals surface area contributed by atoms with E-state index in [0.717, 1.165) is 12.8 Å². The lowest BCUT2D eigenvalue weighted by molar-refractivity contribution is -0.121. The third-order valence-electron chi connectivity index (χ3n) is 3.43. The summed E-state index contributed by atoms with van der Waals surface area (Å²) in [5, 5.41) is 11.9. The molecule has 1 aliphatic carbocycles. The Morgan fingerprint density at radius 1 is 1.40 bits per heavy atom. The molecule has 1 saturated carbocycles. The lowest BCUT2D eigenvalue weighted by Crippen LogP contribution is -2.36. The lowest BCUT2D eigenvalue weighted by atomic mass is 9.95. The van der Waals surface area contributed by atoms with Crippen molar-refractivity contribution in [3.05, 3.63) is 21.6 Å². The number of nitrogens with zero attached hydrogens (tertiary/aromatic N) is 1. The second-order valence-corrected chi connectivity index (χ2v) is 5.38. The zero-order valence-corrected chi connectivity index (χ0v) is 12.0. The number of aromatic amines is 1. The summed E-state index contributed by atoms with van der Waals surface area (Å²) in [5.41, 5.74) is 0.00390. The number of hydrogen-bond donors (Lipinski definition) is 3. The van der Waals surface area contributed by atoms with Crippen molar-refractivity contribution in [3.8, 4) is 0 Å². The van der Waals surface area contributed by atoms with Gasteiger partial charge in [0, 0.05) is 19.0 Å². The van der Waals surface area contributed by atoms with Crippen LogP contribution in [0.25, 0.3) is 0 Å². The first-order valence-corrected chi connectivity index (χ1v) is 7.31. The molecule has 1 heterocycles. The molecule has 20 heavy (non-hydrogen) atoms. The summed E-state index contributed by atoms with van der Waals surface area (Å²) >= 11 is 5.82. The maximum Gasteiger partial charge on any atom is 0.285 e. The average Bonchev–Trinajstić information content (AvgIpc) is 2.44. The molecule has 0 unspecified atom stereocenters. The Morgan fingerprint density at radius 3 is 2.90 bits per heavy atom. The first-order valence-electron chi connectivity index (χ1n) is 6.93. The van der Waals surface area contributed by atoms with Crippen molar-refractivity contribution < 1.29 is 4.79 Å². The van der Waals surface area contributed by atoms with Crippen LogP contribution in [0.4, 0.5) is 5.69 Å². The monoisotopic (exact) mass is 298 g/mol. The van der Waals surface area contributed by atoms with Crippen molar-refractivity contribution in [1.82, 2.24) is 15.5 Å². The predicted molar refractivity (Wildman–Crippen MR) is 78.0 cm³/mol. The Bertz CT molecular complexity index is 511. The van der Waals surface area contributed by atoms with Gasteiger partial charge >= 0.3 is 0 Å². The summed E-state index contributed by atoms with van der Waals surface area (Å²) in [7, 11) is 0. The van der Waals surface area contributed by atoms with Gasteiger partial charge in [-0.15, -0.1) is 0 Å². The molecule has 0 aliphatic heterocycles. The Morgan fingerprint density at radius 2 is 2.15 bits per heavy atom. The van der Waals surface area contributed by atoms with Gasteiger partial charge in [0.05, 0.1) is 11.9 Å². The largest absolute Gasteiger partial charge is 0.382 e. The summed E-state index contributed by atoms with van der Waals surface area (Å²) < 4.78 is 0. The van der Waals surface area contributed by atoms with Crippen molar-refractivity contribution in [2.24, 2.45) is 0 Å². The number of carbonyl (C=O) groups excluding carboxylic acids is 1. The molecule has 7 heteroatoms. The van der Waals surface area contributed by atoms with Gasteiger partial charge in [-0.25, -0.2) is 5.10 Å². The number of nitrogens with one attached hydrogen (secondary N) is 3. The second kappa shape index (κ2) is 7.28. The number of carbonyl (C=O) groups is 1. The Balaban J connectivity index is 1.73. The smallest absolute Gasteiger partial charge is 0.285 e. The molecule has 0 bridgehead atoms. The summed E-state index contributed by atoms with van der Waals surface area (Å²) in [6, 6.07) is 0.320. The maximum absolute atomic E-state index is 11.8. The molecule has 1 aromatic heterocycles. The summed E-state index contributed by atoms with van der Waals surface area (Å²) in [6.07, 6.45) is 7.57. The van der Waals surface area contributed by atoms with Crippen molar-refractivity contribution in [2.75, 3.05) is 11.9 Å². The van der Waals surface area contributed by atoms with Crippen LogP contribution in [-0.4, -0.2) is 28.7 Å². The molecule has 1 aromatic rings. The zero-order valence-electron chi connectivity index (χ0n) is 11.2. The number of hydrogen-bond acceptors (Lipinski definition) is 4. The first kappa shape index (κ1) is 14.8. The molecule has 0 saturated heterocycles. The van der Waals surface area contributed by atoms with E-state index in [9.17, 15) is 9.59 Å². The fourth-order valence-electron chi connectivity index (χ4n) is 2.36. The van der Waals surface area contributed by atoms with Crippen LogP contribution in [0.15, 0.2) is 11.0 Å². The van der Waals surface area contributed by atoms with E-state index in [-0.39, 0.29) is 10.9 Å². The van der Waals surface area contributed by atoms with E-state index in [1.54, 1.807) is 0 Å². The number of rotatable bonds is 5. The minimum atomic E-state index is -0.441. The van der Waals surface area contributed by atoms with Crippen molar-refractivity contribution >= 4 is 23.2 Å².